The van der Waals surface area contributed by atoms with Crippen LogP contribution in [0.25, 0.3) is 0 Å². The normalized spacial score (nSPS) is 22.6. The molecule has 1 aromatic rings. The van der Waals surface area contributed by atoms with E-state index < -0.39 is 10.7 Å². The van der Waals surface area contributed by atoms with Crippen molar-refractivity contribution in [3.63, 3.8) is 0 Å². The molecule has 142 valence electrons. The summed E-state index contributed by atoms with van der Waals surface area (Å²) in [6, 6.07) is 3.96. The molecule has 1 heterocycles. The molecule has 0 bridgehead atoms. The van der Waals surface area contributed by atoms with E-state index in [4.69, 9.17) is 0 Å². The molecule has 1 saturated heterocycles. The van der Waals surface area contributed by atoms with Crippen molar-refractivity contribution < 1.29 is 14.1 Å². The molecule has 8 heteroatoms. The van der Waals surface area contributed by atoms with Crippen molar-refractivity contribution >= 4 is 17.3 Å². The Hall–Kier alpha value is -2.22. The molecule has 2 aliphatic rings. The van der Waals surface area contributed by atoms with Gasteiger partial charge in [0.15, 0.2) is 5.82 Å². The molecular weight excluding hydrogens is 339 g/mol. The van der Waals surface area contributed by atoms with Crippen molar-refractivity contribution in [2.45, 2.75) is 38.1 Å². The van der Waals surface area contributed by atoms with E-state index in [1.807, 2.05) is 4.90 Å². The number of nitro benzene ring substituents is 1. The standard InChI is InChI=1S/C18H25FN4O3/c19-16-10-15(23(25)26)5-6-17(16)21-11-13-3-4-14(9-13)20-12-18(24)22-7-1-2-8-22/h5-6,10,13-14,20-21H,1-4,7-9,11-12H2/t13-,14+/m0/s1. The number of rotatable bonds is 7. The highest BCUT2D eigenvalue weighted by Crippen LogP contribution is 2.27. The third-order valence-corrected chi connectivity index (χ3v) is 5.29. The number of likely N-dealkylation sites (tertiary alicyclic amines) is 1. The maximum absolute atomic E-state index is 13.9. The second-order valence-electron chi connectivity index (χ2n) is 7.15. The number of hydrogen-bond acceptors (Lipinski definition) is 5. The van der Waals surface area contributed by atoms with Crippen molar-refractivity contribution in [3.05, 3.63) is 34.1 Å². The first-order chi connectivity index (χ1) is 12.5. The number of nitrogens with zero attached hydrogens (tertiary/aromatic N) is 2. The van der Waals surface area contributed by atoms with Gasteiger partial charge in [0.25, 0.3) is 5.69 Å². The minimum Gasteiger partial charge on any atom is -0.382 e. The summed E-state index contributed by atoms with van der Waals surface area (Å²) in [5, 5.41) is 17.0. The first-order valence-electron chi connectivity index (χ1n) is 9.22. The molecule has 0 aromatic heterocycles. The molecule has 26 heavy (non-hydrogen) atoms. The summed E-state index contributed by atoms with van der Waals surface area (Å²) in [5.41, 5.74) is 0.0390. The van der Waals surface area contributed by atoms with Crippen molar-refractivity contribution in [1.82, 2.24) is 10.2 Å². The summed E-state index contributed by atoms with van der Waals surface area (Å²) in [7, 11) is 0. The number of benzene rings is 1. The number of non-ortho nitro benzene ring substituents is 1. The zero-order valence-electron chi connectivity index (χ0n) is 14.7. The van der Waals surface area contributed by atoms with Crippen LogP contribution in [0.4, 0.5) is 15.8 Å². The lowest BCUT2D eigenvalue weighted by Gasteiger charge is -2.18. The lowest BCUT2D eigenvalue weighted by atomic mass is 10.1. The number of anilines is 1. The van der Waals surface area contributed by atoms with Gasteiger partial charge in [0.05, 0.1) is 23.2 Å². The van der Waals surface area contributed by atoms with Gasteiger partial charge in [-0.15, -0.1) is 0 Å². The first kappa shape index (κ1) is 18.6. The van der Waals surface area contributed by atoms with E-state index in [0.29, 0.717) is 25.0 Å². The molecule has 1 amide bonds. The average Bonchev–Trinajstić information content (AvgIpc) is 3.30. The van der Waals surface area contributed by atoms with Gasteiger partial charge in [0, 0.05) is 31.7 Å². The largest absolute Gasteiger partial charge is 0.382 e. The zero-order chi connectivity index (χ0) is 18.5. The van der Waals surface area contributed by atoms with Gasteiger partial charge in [-0.25, -0.2) is 4.39 Å². The van der Waals surface area contributed by atoms with Gasteiger partial charge < -0.3 is 15.5 Å². The summed E-state index contributed by atoms with van der Waals surface area (Å²) < 4.78 is 13.9. The quantitative estimate of drug-likeness (QED) is 0.573. The zero-order valence-corrected chi connectivity index (χ0v) is 14.7. The molecule has 0 spiro atoms. The lowest BCUT2D eigenvalue weighted by molar-refractivity contribution is -0.385. The highest BCUT2D eigenvalue weighted by Gasteiger charge is 2.26. The minimum atomic E-state index is -0.608. The van der Waals surface area contributed by atoms with Gasteiger partial charge in [-0.2, -0.15) is 0 Å². The van der Waals surface area contributed by atoms with Crippen LogP contribution < -0.4 is 10.6 Å². The van der Waals surface area contributed by atoms with E-state index in [0.717, 1.165) is 51.3 Å². The number of halogens is 1. The third-order valence-electron chi connectivity index (χ3n) is 5.29. The fraction of sp³-hybridized carbons (Fsp3) is 0.611. The molecule has 1 aliphatic carbocycles. The maximum Gasteiger partial charge on any atom is 0.272 e. The van der Waals surface area contributed by atoms with Crippen molar-refractivity contribution in [1.29, 1.82) is 0 Å². The Bertz CT molecular complexity index is 664. The summed E-state index contributed by atoms with van der Waals surface area (Å²) in [6.07, 6.45) is 5.15. The van der Waals surface area contributed by atoms with Crippen LogP contribution in [0.15, 0.2) is 18.2 Å². The first-order valence-corrected chi connectivity index (χ1v) is 9.22. The number of carbonyl (C=O) groups excluding carboxylic acids is 1. The van der Waals surface area contributed by atoms with Gasteiger partial charge in [-0.1, -0.05) is 0 Å². The summed E-state index contributed by atoms with van der Waals surface area (Å²) >= 11 is 0. The van der Waals surface area contributed by atoms with E-state index in [-0.39, 0.29) is 17.3 Å². The Morgan fingerprint density at radius 1 is 1.31 bits per heavy atom. The van der Waals surface area contributed by atoms with Crippen LogP contribution >= 0.6 is 0 Å². The van der Waals surface area contributed by atoms with Gasteiger partial charge in [0.1, 0.15) is 0 Å². The van der Waals surface area contributed by atoms with Crippen LogP contribution in [0, 0.1) is 21.8 Å². The molecule has 0 unspecified atom stereocenters. The molecule has 2 fully saturated rings. The van der Waals surface area contributed by atoms with Gasteiger partial charge in [-0.05, 0) is 44.1 Å². The third kappa shape index (κ3) is 4.69. The Morgan fingerprint density at radius 2 is 2.08 bits per heavy atom. The van der Waals surface area contributed by atoms with Crippen LogP contribution in [0.2, 0.25) is 0 Å². The number of nitro groups is 1. The number of carbonyl (C=O) groups is 1. The molecule has 7 nitrogen and oxygen atoms in total. The molecule has 2 N–H and O–H groups in total. The lowest BCUT2D eigenvalue weighted by Crippen LogP contribution is -2.39. The van der Waals surface area contributed by atoms with Crippen LogP contribution in [0.3, 0.4) is 0 Å². The van der Waals surface area contributed by atoms with Crippen LogP contribution in [0.1, 0.15) is 32.1 Å². The van der Waals surface area contributed by atoms with E-state index in [1.54, 1.807) is 0 Å². The monoisotopic (exact) mass is 364 g/mol. The second kappa shape index (κ2) is 8.44. The molecule has 1 aromatic carbocycles. The fourth-order valence-corrected chi connectivity index (χ4v) is 3.77. The second-order valence-corrected chi connectivity index (χ2v) is 7.15. The number of nitrogens with one attached hydrogen (secondary N) is 2. The Kier molecular flexibility index (Phi) is 6.03. The van der Waals surface area contributed by atoms with Gasteiger partial charge in [-0.3, -0.25) is 14.9 Å². The molecule has 0 radical (unpaired) electrons. The Balaban J connectivity index is 1.40. The average molecular weight is 364 g/mol. The predicted octanol–water partition coefficient (Wildman–Crippen LogP) is 2.53. The molecule has 1 saturated carbocycles. The van der Waals surface area contributed by atoms with Gasteiger partial charge >= 0.3 is 0 Å². The van der Waals surface area contributed by atoms with Gasteiger partial charge in [0.2, 0.25) is 5.91 Å². The summed E-state index contributed by atoms with van der Waals surface area (Å²) in [4.78, 5) is 24.0. The van der Waals surface area contributed by atoms with E-state index >= 15 is 0 Å². The van der Waals surface area contributed by atoms with E-state index in [1.165, 1.54) is 12.1 Å². The molecule has 2 atom stereocenters. The fourth-order valence-electron chi connectivity index (χ4n) is 3.77. The van der Waals surface area contributed by atoms with E-state index in [9.17, 15) is 19.3 Å². The van der Waals surface area contributed by atoms with Crippen LogP contribution in [-0.4, -0.2) is 48.0 Å². The van der Waals surface area contributed by atoms with Crippen LogP contribution in [-0.2, 0) is 4.79 Å². The number of amides is 1. The topological polar surface area (TPSA) is 87.5 Å². The Morgan fingerprint density at radius 3 is 2.77 bits per heavy atom. The summed E-state index contributed by atoms with van der Waals surface area (Å²) in [5.74, 6) is -0.0379. The highest BCUT2D eigenvalue weighted by atomic mass is 19.1. The molecule has 1 aliphatic heterocycles. The summed E-state index contributed by atoms with van der Waals surface area (Å²) in [6.45, 7) is 2.76. The van der Waals surface area contributed by atoms with Crippen molar-refractivity contribution in [2.24, 2.45) is 5.92 Å². The number of hydrogen-bond donors (Lipinski definition) is 2. The predicted molar refractivity (Wildman–Crippen MR) is 96.5 cm³/mol. The van der Waals surface area contributed by atoms with Crippen molar-refractivity contribution in [3.8, 4) is 0 Å². The smallest absolute Gasteiger partial charge is 0.272 e. The van der Waals surface area contributed by atoms with Crippen molar-refractivity contribution in [2.75, 3.05) is 31.5 Å². The molecular formula is C18H25FN4O3. The van der Waals surface area contributed by atoms with E-state index in [2.05, 4.69) is 10.6 Å². The van der Waals surface area contributed by atoms with Crippen LogP contribution in [0.5, 0.6) is 0 Å². The minimum absolute atomic E-state index is 0.178. The Labute approximate surface area is 152 Å². The highest BCUT2D eigenvalue weighted by molar-refractivity contribution is 5.78. The maximum atomic E-state index is 13.9. The SMILES string of the molecule is O=C(CN[C@@H]1CC[C@H](CNc2ccc([N+](=O)[O-])cc2F)C1)N1CCCC1. The molecule has 3 rings (SSSR count).